The van der Waals surface area contributed by atoms with Crippen molar-refractivity contribution in [3.63, 3.8) is 0 Å². The smallest absolute Gasteiger partial charge is 0.229 e. The van der Waals surface area contributed by atoms with Gasteiger partial charge in [-0.3, -0.25) is 4.79 Å². The molecule has 118 valence electrons. The fourth-order valence-electron chi connectivity index (χ4n) is 2.66. The summed E-state index contributed by atoms with van der Waals surface area (Å²) in [4.78, 5) is 20.3. The number of carbonyl (C=O) groups excluding carboxylic acids is 1. The Morgan fingerprint density at radius 1 is 1.26 bits per heavy atom. The van der Waals surface area contributed by atoms with E-state index < -0.39 is 0 Å². The first kappa shape index (κ1) is 14.0. The number of hydrogen-bond acceptors (Lipinski definition) is 5. The van der Waals surface area contributed by atoms with Crippen LogP contribution in [0.15, 0.2) is 24.4 Å². The fourth-order valence-corrected chi connectivity index (χ4v) is 2.66. The lowest BCUT2D eigenvalue weighted by atomic mass is 10.0. The molecule has 2 heterocycles. The van der Waals surface area contributed by atoms with Gasteiger partial charge in [-0.2, -0.15) is 4.98 Å². The van der Waals surface area contributed by atoms with E-state index in [2.05, 4.69) is 25.9 Å². The Morgan fingerprint density at radius 2 is 2.13 bits per heavy atom. The number of nitrogens with zero attached hydrogens (tertiary/aromatic N) is 2. The Bertz CT molecular complexity index is 770. The minimum Gasteiger partial charge on any atom is -0.367 e. The highest BCUT2D eigenvalue weighted by Gasteiger charge is 2.22. The summed E-state index contributed by atoms with van der Waals surface area (Å²) >= 11 is 0. The molecule has 1 amide bonds. The lowest BCUT2D eigenvalue weighted by Crippen LogP contribution is -2.18. The SMILES string of the molecule is Cc1cnc(Nc2ccc3c(c2)CCC(=O)N3)nc1NC1CC1. The third-order valence-electron chi connectivity index (χ3n) is 4.15. The Hall–Kier alpha value is -2.63. The van der Waals surface area contributed by atoms with Crippen LogP contribution < -0.4 is 16.0 Å². The first-order chi connectivity index (χ1) is 11.2. The van der Waals surface area contributed by atoms with Crippen LogP contribution in [-0.4, -0.2) is 21.9 Å². The number of hydrogen-bond donors (Lipinski definition) is 3. The first-order valence-corrected chi connectivity index (χ1v) is 7.97. The van der Waals surface area contributed by atoms with E-state index in [1.807, 2.05) is 31.3 Å². The maximum Gasteiger partial charge on any atom is 0.229 e. The van der Waals surface area contributed by atoms with Gasteiger partial charge < -0.3 is 16.0 Å². The molecule has 1 aliphatic carbocycles. The molecule has 0 spiro atoms. The van der Waals surface area contributed by atoms with Crippen LogP contribution in [0.25, 0.3) is 0 Å². The van der Waals surface area contributed by atoms with Crippen molar-refractivity contribution in [2.24, 2.45) is 0 Å². The number of rotatable bonds is 4. The van der Waals surface area contributed by atoms with Crippen molar-refractivity contribution in [2.75, 3.05) is 16.0 Å². The summed E-state index contributed by atoms with van der Waals surface area (Å²) in [7, 11) is 0. The van der Waals surface area contributed by atoms with Gasteiger partial charge in [0.1, 0.15) is 5.82 Å². The molecule has 0 saturated heterocycles. The Morgan fingerprint density at radius 3 is 2.96 bits per heavy atom. The van der Waals surface area contributed by atoms with Crippen molar-refractivity contribution in [3.8, 4) is 0 Å². The van der Waals surface area contributed by atoms with Gasteiger partial charge in [0.15, 0.2) is 0 Å². The number of fused-ring (bicyclic) bond motifs is 1. The molecule has 4 rings (SSSR count). The molecule has 0 radical (unpaired) electrons. The average molecular weight is 309 g/mol. The summed E-state index contributed by atoms with van der Waals surface area (Å²) in [6.07, 6.45) is 5.55. The van der Waals surface area contributed by atoms with E-state index in [0.717, 1.165) is 34.7 Å². The van der Waals surface area contributed by atoms with Crippen LogP contribution in [0.4, 0.5) is 23.1 Å². The van der Waals surface area contributed by atoms with Crippen molar-refractivity contribution in [2.45, 2.75) is 38.6 Å². The molecule has 1 saturated carbocycles. The van der Waals surface area contributed by atoms with Crippen LogP contribution in [0.5, 0.6) is 0 Å². The minimum atomic E-state index is 0.0795. The van der Waals surface area contributed by atoms with Crippen LogP contribution in [0.1, 0.15) is 30.4 Å². The number of amides is 1. The van der Waals surface area contributed by atoms with Gasteiger partial charge in [-0.15, -0.1) is 0 Å². The zero-order valence-electron chi connectivity index (χ0n) is 13.0. The minimum absolute atomic E-state index is 0.0795. The van der Waals surface area contributed by atoms with Gasteiger partial charge in [-0.25, -0.2) is 4.98 Å². The average Bonchev–Trinajstić information content (AvgIpc) is 3.35. The molecule has 23 heavy (non-hydrogen) atoms. The van der Waals surface area contributed by atoms with E-state index in [9.17, 15) is 4.79 Å². The summed E-state index contributed by atoms with van der Waals surface area (Å²) in [5.41, 5.74) is 4.02. The molecule has 0 atom stereocenters. The number of anilines is 4. The normalized spacial score (nSPS) is 16.5. The van der Waals surface area contributed by atoms with Gasteiger partial charge in [-0.05, 0) is 49.9 Å². The zero-order valence-corrected chi connectivity index (χ0v) is 13.0. The second kappa shape index (κ2) is 5.53. The van der Waals surface area contributed by atoms with Gasteiger partial charge in [0.25, 0.3) is 0 Å². The molecule has 0 bridgehead atoms. The highest BCUT2D eigenvalue weighted by Crippen LogP contribution is 2.28. The molecule has 2 aromatic rings. The molecule has 1 fully saturated rings. The second-order valence-electron chi connectivity index (χ2n) is 6.19. The number of aryl methyl sites for hydroxylation is 2. The third-order valence-corrected chi connectivity index (χ3v) is 4.15. The van der Waals surface area contributed by atoms with Crippen molar-refractivity contribution in [3.05, 3.63) is 35.5 Å². The van der Waals surface area contributed by atoms with Crippen molar-refractivity contribution >= 4 is 29.0 Å². The summed E-state index contributed by atoms with van der Waals surface area (Å²) in [6.45, 7) is 2.01. The van der Waals surface area contributed by atoms with Crippen LogP contribution in [0.3, 0.4) is 0 Å². The highest BCUT2D eigenvalue weighted by molar-refractivity contribution is 5.94. The van der Waals surface area contributed by atoms with Crippen LogP contribution in [-0.2, 0) is 11.2 Å². The van der Waals surface area contributed by atoms with Crippen molar-refractivity contribution in [1.29, 1.82) is 0 Å². The largest absolute Gasteiger partial charge is 0.367 e. The number of carbonyl (C=O) groups is 1. The molecule has 2 aliphatic rings. The topological polar surface area (TPSA) is 78.9 Å². The molecule has 1 aromatic heterocycles. The Balaban J connectivity index is 1.54. The molecular formula is C17H19N5O. The van der Waals surface area contributed by atoms with E-state index in [1.165, 1.54) is 12.8 Å². The van der Waals surface area contributed by atoms with Crippen molar-refractivity contribution in [1.82, 2.24) is 9.97 Å². The molecule has 0 unspecified atom stereocenters. The summed E-state index contributed by atoms with van der Waals surface area (Å²) < 4.78 is 0. The number of aromatic nitrogens is 2. The van der Waals surface area contributed by atoms with Crippen LogP contribution >= 0.6 is 0 Å². The standard InChI is InChI=1S/C17H19N5O/c1-10-9-18-17(22-16(10)19-12-3-4-12)20-13-5-6-14-11(8-13)2-7-15(23)21-14/h5-6,8-9,12H,2-4,7H2,1H3,(H,21,23)(H2,18,19,20,22). The van der Waals surface area contributed by atoms with E-state index >= 15 is 0 Å². The first-order valence-electron chi connectivity index (χ1n) is 7.97. The fraction of sp³-hybridized carbons (Fsp3) is 0.353. The molecule has 3 N–H and O–H groups in total. The second-order valence-corrected chi connectivity index (χ2v) is 6.19. The Labute approximate surface area is 134 Å². The molecule has 6 nitrogen and oxygen atoms in total. The zero-order chi connectivity index (χ0) is 15.8. The quantitative estimate of drug-likeness (QED) is 0.809. The summed E-state index contributed by atoms with van der Waals surface area (Å²) in [5.74, 6) is 1.56. The van der Waals surface area contributed by atoms with Gasteiger partial charge in [-0.1, -0.05) is 0 Å². The molecular weight excluding hydrogens is 290 g/mol. The van der Waals surface area contributed by atoms with E-state index in [-0.39, 0.29) is 5.91 Å². The van der Waals surface area contributed by atoms with Gasteiger partial charge in [0.2, 0.25) is 11.9 Å². The van der Waals surface area contributed by atoms with Gasteiger partial charge in [0.05, 0.1) is 0 Å². The highest BCUT2D eigenvalue weighted by atomic mass is 16.1. The molecule has 6 heteroatoms. The lowest BCUT2D eigenvalue weighted by Gasteiger charge is -2.18. The van der Waals surface area contributed by atoms with Crippen LogP contribution in [0, 0.1) is 6.92 Å². The predicted octanol–water partition coefficient (Wildman–Crippen LogP) is 2.99. The predicted molar refractivity (Wildman–Crippen MR) is 90.1 cm³/mol. The third kappa shape index (κ3) is 3.11. The molecule has 1 aromatic carbocycles. The summed E-state index contributed by atoms with van der Waals surface area (Å²) in [6, 6.07) is 6.46. The van der Waals surface area contributed by atoms with E-state index in [1.54, 1.807) is 0 Å². The number of benzene rings is 1. The molecule has 1 aliphatic heterocycles. The number of nitrogens with one attached hydrogen (secondary N) is 3. The summed E-state index contributed by atoms with van der Waals surface area (Å²) in [5, 5.41) is 9.57. The van der Waals surface area contributed by atoms with Crippen LogP contribution in [0.2, 0.25) is 0 Å². The lowest BCUT2D eigenvalue weighted by molar-refractivity contribution is -0.116. The maximum atomic E-state index is 11.4. The maximum absolute atomic E-state index is 11.4. The Kier molecular flexibility index (Phi) is 3.37. The van der Waals surface area contributed by atoms with Gasteiger partial charge in [0, 0.05) is 35.6 Å². The van der Waals surface area contributed by atoms with E-state index in [4.69, 9.17) is 0 Å². The van der Waals surface area contributed by atoms with E-state index in [0.29, 0.717) is 18.4 Å². The van der Waals surface area contributed by atoms with Crippen molar-refractivity contribution < 1.29 is 4.79 Å². The monoisotopic (exact) mass is 309 g/mol. The van der Waals surface area contributed by atoms with Gasteiger partial charge >= 0.3 is 0 Å².